The minimum atomic E-state index is -4.37. The number of alkyl halides is 3. The van der Waals surface area contributed by atoms with Gasteiger partial charge in [0.15, 0.2) is 6.04 Å². The third kappa shape index (κ3) is 3.22. The van der Waals surface area contributed by atoms with Crippen LogP contribution in [0.5, 0.6) is 0 Å². The molecule has 4 rings (SSSR count). The Labute approximate surface area is 160 Å². The molecule has 0 saturated carbocycles. The van der Waals surface area contributed by atoms with Crippen molar-refractivity contribution in [3.63, 3.8) is 0 Å². The molecule has 0 bridgehead atoms. The van der Waals surface area contributed by atoms with E-state index >= 15 is 0 Å². The minimum absolute atomic E-state index is 0.0683. The summed E-state index contributed by atoms with van der Waals surface area (Å²) in [6.45, 7) is 4.10. The molecule has 0 aromatic carbocycles. The van der Waals surface area contributed by atoms with Crippen LogP contribution < -0.4 is 5.32 Å². The van der Waals surface area contributed by atoms with Crippen LogP contribution in [0.25, 0.3) is 0 Å². The summed E-state index contributed by atoms with van der Waals surface area (Å²) < 4.78 is 41.5. The number of fused-ring (bicyclic) bond motifs is 1. The van der Waals surface area contributed by atoms with Crippen LogP contribution in [0.1, 0.15) is 59.9 Å². The van der Waals surface area contributed by atoms with Gasteiger partial charge in [0, 0.05) is 36.6 Å². The highest BCUT2D eigenvalue weighted by Crippen LogP contribution is 2.41. The molecule has 1 amide bonds. The van der Waals surface area contributed by atoms with Gasteiger partial charge in [0.25, 0.3) is 5.91 Å². The van der Waals surface area contributed by atoms with Crippen molar-refractivity contribution < 1.29 is 18.0 Å². The normalized spacial score (nSPS) is 24.8. The number of carbonyl (C=O) groups is 1. The van der Waals surface area contributed by atoms with Gasteiger partial charge in [0.05, 0.1) is 11.7 Å². The van der Waals surface area contributed by atoms with Gasteiger partial charge in [0.1, 0.15) is 5.82 Å². The SMILES string of the molecule is Cc1cnccc1C(=O)N1CCCC1c1cc2n(n1)[C@@H](C(F)(F)F)C[C@@H](C)N2. The zero-order chi connectivity index (χ0) is 20.1. The second kappa shape index (κ2) is 6.79. The zero-order valence-corrected chi connectivity index (χ0v) is 15.7. The number of pyridine rings is 1. The molecule has 3 atom stereocenters. The molecule has 1 N–H and O–H groups in total. The fourth-order valence-electron chi connectivity index (χ4n) is 4.13. The van der Waals surface area contributed by atoms with Crippen molar-refractivity contribution in [2.24, 2.45) is 0 Å². The van der Waals surface area contributed by atoms with Crippen LogP contribution in [0.4, 0.5) is 19.0 Å². The fraction of sp³-hybridized carbons (Fsp3) is 0.526. The van der Waals surface area contributed by atoms with Crippen LogP contribution in [0, 0.1) is 6.92 Å². The Morgan fingerprint density at radius 1 is 1.36 bits per heavy atom. The molecule has 9 heteroatoms. The molecule has 0 aliphatic carbocycles. The number of amides is 1. The average Bonchev–Trinajstić information content (AvgIpc) is 3.26. The fourth-order valence-corrected chi connectivity index (χ4v) is 4.13. The number of carbonyl (C=O) groups excluding carboxylic acids is 1. The lowest BCUT2D eigenvalue weighted by Crippen LogP contribution is -2.38. The molecule has 6 nitrogen and oxygen atoms in total. The molecule has 0 spiro atoms. The highest BCUT2D eigenvalue weighted by atomic mass is 19.4. The third-order valence-corrected chi connectivity index (χ3v) is 5.50. The quantitative estimate of drug-likeness (QED) is 0.841. The van der Waals surface area contributed by atoms with E-state index in [-0.39, 0.29) is 24.4 Å². The minimum Gasteiger partial charge on any atom is -0.368 e. The molecule has 2 aliphatic rings. The highest BCUT2D eigenvalue weighted by molar-refractivity contribution is 5.95. The first-order chi connectivity index (χ1) is 13.3. The third-order valence-electron chi connectivity index (χ3n) is 5.50. The Balaban J connectivity index is 1.66. The first-order valence-corrected chi connectivity index (χ1v) is 9.40. The van der Waals surface area contributed by atoms with Crippen molar-refractivity contribution in [1.29, 1.82) is 0 Å². The van der Waals surface area contributed by atoms with Gasteiger partial charge in [-0.05, 0) is 44.7 Å². The van der Waals surface area contributed by atoms with E-state index in [2.05, 4.69) is 15.4 Å². The van der Waals surface area contributed by atoms with Crippen molar-refractivity contribution in [1.82, 2.24) is 19.7 Å². The van der Waals surface area contributed by atoms with Crippen LogP contribution in [0.3, 0.4) is 0 Å². The summed E-state index contributed by atoms with van der Waals surface area (Å²) in [6, 6.07) is 1.05. The maximum atomic E-state index is 13.5. The van der Waals surface area contributed by atoms with Crippen LogP contribution in [-0.2, 0) is 0 Å². The number of hydrogen-bond acceptors (Lipinski definition) is 4. The van der Waals surface area contributed by atoms with Crippen LogP contribution in [0.15, 0.2) is 24.5 Å². The number of likely N-dealkylation sites (tertiary alicyclic amines) is 1. The lowest BCUT2D eigenvalue weighted by molar-refractivity contribution is -0.173. The highest BCUT2D eigenvalue weighted by Gasteiger charge is 2.46. The van der Waals surface area contributed by atoms with Gasteiger partial charge in [-0.25, -0.2) is 4.68 Å². The van der Waals surface area contributed by atoms with Gasteiger partial charge in [-0.2, -0.15) is 18.3 Å². The number of aryl methyl sites for hydroxylation is 1. The summed E-state index contributed by atoms with van der Waals surface area (Å²) in [5, 5.41) is 7.37. The summed E-state index contributed by atoms with van der Waals surface area (Å²) in [7, 11) is 0. The van der Waals surface area contributed by atoms with Crippen molar-refractivity contribution in [3.8, 4) is 0 Å². The second-order valence-corrected chi connectivity index (χ2v) is 7.58. The Morgan fingerprint density at radius 2 is 2.14 bits per heavy atom. The van der Waals surface area contributed by atoms with E-state index in [9.17, 15) is 18.0 Å². The van der Waals surface area contributed by atoms with E-state index in [4.69, 9.17) is 0 Å². The molecule has 28 heavy (non-hydrogen) atoms. The maximum Gasteiger partial charge on any atom is 0.410 e. The van der Waals surface area contributed by atoms with Crippen LogP contribution in [-0.4, -0.2) is 44.3 Å². The maximum absolute atomic E-state index is 13.5. The van der Waals surface area contributed by atoms with Gasteiger partial charge in [-0.1, -0.05) is 0 Å². The van der Waals surface area contributed by atoms with Gasteiger partial charge in [0.2, 0.25) is 0 Å². The van der Waals surface area contributed by atoms with Crippen molar-refractivity contribution in [2.45, 2.75) is 57.4 Å². The lowest BCUT2D eigenvalue weighted by Gasteiger charge is -2.31. The number of anilines is 1. The number of nitrogens with zero attached hydrogens (tertiary/aromatic N) is 4. The van der Waals surface area contributed by atoms with Gasteiger partial charge in [-0.3, -0.25) is 9.78 Å². The molecule has 2 aromatic heterocycles. The predicted molar refractivity (Wildman–Crippen MR) is 97.0 cm³/mol. The molecule has 150 valence electrons. The standard InChI is InChI=1S/C19H22F3N5O/c1-11-10-23-6-5-13(11)18(28)26-7-3-4-15(26)14-9-17-24-12(2)8-16(19(20,21)22)27(17)25-14/h5-6,9-10,12,15-16,24H,3-4,7-8H2,1-2H3/t12-,15?,16-/m1/s1. The Morgan fingerprint density at radius 3 is 2.86 bits per heavy atom. The summed E-state index contributed by atoms with van der Waals surface area (Å²) in [5.74, 6) is 0.220. The van der Waals surface area contributed by atoms with Crippen molar-refractivity contribution in [2.75, 3.05) is 11.9 Å². The number of halogens is 3. The second-order valence-electron chi connectivity index (χ2n) is 7.58. The zero-order valence-electron chi connectivity index (χ0n) is 15.7. The largest absolute Gasteiger partial charge is 0.410 e. The van der Waals surface area contributed by atoms with E-state index in [0.29, 0.717) is 30.0 Å². The summed E-state index contributed by atoms with van der Waals surface area (Å²) >= 11 is 0. The summed E-state index contributed by atoms with van der Waals surface area (Å²) in [5.41, 5.74) is 1.84. The van der Waals surface area contributed by atoms with Gasteiger partial charge < -0.3 is 10.2 Å². The first-order valence-electron chi connectivity index (χ1n) is 9.40. The van der Waals surface area contributed by atoms with Crippen LogP contribution in [0.2, 0.25) is 0 Å². The Kier molecular flexibility index (Phi) is 4.55. The number of aromatic nitrogens is 3. The van der Waals surface area contributed by atoms with Gasteiger partial charge in [-0.15, -0.1) is 0 Å². The first kappa shape index (κ1) is 18.8. The topological polar surface area (TPSA) is 63.1 Å². The molecule has 2 aliphatic heterocycles. The molecule has 1 saturated heterocycles. The average molecular weight is 393 g/mol. The molecule has 4 heterocycles. The van der Waals surface area contributed by atoms with Gasteiger partial charge >= 0.3 is 6.18 Å². The number of rotatable bonds is 2. The van der Waals surface area contributed by atoms with E-state index in [1.54, 1.807) is 36.4 Å². The summed E-state index contributed by atoms with van der Waals surface area (Å²) in [6.07, 6.45) is 0.232. The number of hydrogen-bond donors (Lipinski definition) is 1. The molecule has 1 fully saturated rings. The van der Waals surface area contributed by atoms with E-state index in [1.165, 1.54) is 0 Å². The molecular formula is C19H22F3N5O. The molecular weight excluding hydrogens is 371 g/mol. The predicted octanol–water partition coefficient (Wildman–Crippen LogP) is 3.87. The smallest absolute Gasteiger partial charge is 0.368 e. The van der Waals surface area contributed by atoms with Crippen LogP contribution >= 0.6 is 0 Å². The van der Waals surface area contributed by atoms with Crippen molar-refractivity contribution >= 4 is 11.7 Å². The lowest BCUT2D eigenvalue weighted by atomic mass is 10.1. The van der Waals surface area contributed by atoms with Crippen molar-refractivity contribution in [3.05, 3.63) is 41.3 Å². The number of nitrogens with one attached hydrogen (secondary N) is 1. The monoisotopic (exact) mass is 393 g/mol. The molecule has 0 radical (unpaired) electrons. The Hall–Kier alpha value is -2.58. The van der Waals surface area contributed by atoms with E-state index in [0.717, 1.165) is 16.7 Å². The van der Waals surface area contributed by atoms with E-state index < -0.39 is 12.2 Å². The molecule has 1 unspecified atom stereocenters. The Bertz CT molecular complexity index is 894. The summed E-state index contributed by atoms with van der Waals surface area (Å²) in [4.78, 5) is 18.8. The molecule has 2 aromatic rings. The van der Waals surface area contributed by atoms with E-state index in [1.807, 2.05) is 6.92 Å².